The highest BCUT2D eigenvalue weighted by Gasteiger charge is 2.51. The Hall–Kier alpha value is -5.78. The molecule has 4 heterocycles. The molecular formula is C37H36N8O4. The number of aromatic amines is 1. The molecule has 0 atom stereocenters. The first-order valence-electron chi connectivity index (χ1n) is 16.4. The first kappa shape index (κ1) is 30.5. The van der Waals surface area contributed by atoms with E-state index >= 15 is 0 Å². The molecule has 2 aliphatic carbocycles. The van der Waals surface area contributed by atoms with Gasteiger partial charge in [-0.2, -0.15) is 0 Å². The minimum absolute atomic E-state index is 0.0299. The van der Waals surface area contributed by atoms with Crippen LogP contribution in [0, 0.1) is 5.92 Å². The van der Waals surface area contributed by atoms with E-state index in [1.165, 1.54) is 4.90 Å². The zero-order valence-electron chi connectivity index (χ0n) is 27.5. The fourth-order valence-corrected chi connectivity index (χ4v) is 6.74. The smallest absolute Gasteiger partial charge is 0.271 e. The third-order valence-electron chi connectivity index (χ3n) is 9.64. The van der Waals surface area contributed by atoms with E-state index in [4.69, 9.17) is 4.74 Å². The van der Waals surface area contributed by atoms with Gasteiger partial charge in [-0.1, -0.05) is 24.3 Å². The van der Waals surface area contributed by atoms with Gasteiger partial charge in [-0.15, -0.1) is 0 Å². The molecule has 2 fully saturated rings. The van der Waals surface area contributed by atoms with Crippen molar-refractivity contribution in [2.24, 2.45) is 5.92 Å². The van der Waals surface area contributed by atoms with E-state index in [2.05, 4.69) is 36.6 Å². The summed E-state index contributed by atoms with van der Waals surface area (Å²) in [6.45, 7) is 0.929. The summed E-state index contributed by atoms with van der Waals surface area (Å²) >= 11 is 0. The van der Waals surface area contributed by atoms with Crippen LogP contribution in [0.2, 0.25) is 0 Å². The van der Waals surface area contributed by atoms with Crippen molar-refractivity contribution in [1.29, 1.82) is 0 Å². The van der Waals surface area contributed by atoms with Crippen LogP contribution in [0.15, 0.2) is 67.0 Å². The highest BCUT2D eigenvalue weighted by molar-refractivity contribution is 6.00. The monoisotopic (exact) mass is 656 g/mol. The van der Waals surface area contributed by atoms with Crippen LogP contribution in [0.3, 0.4) is 0 Å². The lowest BCUT2D eigenvalue weighted by Crippen LogP contribution is -2.43. The number of hydrogen-bond donors (Lipinski definition) is 3. The molecular weight excluding hydrogens is 620 g/mol. The minimum atomic E-state index is -0.171. The van der Waals surface area contributed by atoms with Crippen LogP contribution in [0.5, 0.6) is 5.75 Å². The number of aromatic nitrogens is 4. The van der Waals surface area contributed by atoms with Gasteiger partial charge in [0.25, 0.3) is 11.8 Å². The third-order valence-corrected chi connectivity index (χ3v) is 9.64. The molecule has 3 amide bonds. The van der Waals surface area contributed by atoms with Gasteiger partial charge in [-0.25, -0.2) is 15.0 Å². The zero-order chi connectivity index (χ0) is 33.9. The van der Waals surface area contributed by atoms with Crippen LogP contribution in [0.25, 0.3) is 22.3 Å². The van der Waals surface area contributed by atoms with Gasteiger partial charge in [0.2, 0.25) is 5.91 Å². The van der Waals surface area contributed by atoms with E-state index in [9.17, 15) is 14.4 Å². The molecule has 5 aromatic rings. The second-order valence-corrected chi connectivity index (χ2v) is 13.3. The Morgan fingerprint density at radius 3 is 2.59 bits per heavy atom. The lowest BCUT2D eigenvalue weighted by Gasteiger charge is -2.35. The van der Waals surface area contributed by atoms with Crippen LogP contribution in [-0.2, 0) is 16.8 Å². The summed E-state index contributed by atoms with van der Waals surface area (Å²) in [7, 11) is 5.03. The number of ether oxygens (including phenoxy) is 1. The second-order valence-electron chi connectivity index (χ2n) is 13.3. The van der Waals surface area contributed by atoms with Crippen molar-refractivity contribution in [3.05, 3.63) is 89.5 Å². The number of carbonyl (C=O) groups excluding carboxylic acids is 3. The number of rotatable bonds is 9. The first-order valence-corrected chi connectivity index (χ1v) is 16.4. The van der Waals surface area contributed by atoms with Gasteiger partial charge >= 0.3 is 0 Å². The number of hydrogen-bond acceptors (Lipinski definition) is 8. The number of anilines is 3. The van der Waals surface area contributed by atoms with E-state index < -0.39 is 0 Å². The van der Waals surface area contributed by atoms with Crippen molar-refractivity contribution in [3.63, 3.8) is 0 Å². The standard InChI is InChI=1S/C37H36N8O4/c1-44(2)36(48)28-9-4-6-23(40-28)18-45-19-37(14-15-37)26-16-22(12-13-25(26)35(45)47)24-7-5-8-27(32(24)49-3)41-29-17-30(43-34(46)21-10-11-21)42-33-31(29)38-20-39-33/h4-9,12-13,16-17,20-21H,10-11,14-15,18-19H2,1-3H3,(H3,38,39,41,42,43,46). The summed E-state index contributed by atoms with van der Waals surface area (Å²) in [5, 5.41) is 6.41. The van der Waals surface area contributed by atoms with E-state index in [0.717, 1.165) is 48.1 Å². The summed E-state index contributed by atoms with van der Waals surface area (Å²) in [6, 6.07) is 19.1. The van der Waals surface area contributed by atoms with Gasteiger partial charge in [0, 0.05) is 49.2 Å². The Bertz CT molecular complexity index is 2150. The van der Waals surface area contributed by atoms with Gasteiger partial charge in [0.05, 0.1) is 37.1 Å². The molecule has 0 radical (unpaired) electrons. The summed E-state index contributed by atoms with van der Waals surface area (Å²) in [6.07, 6.45) is 5.34. The van der Waals surface area contributed by atoms with Crippen molar-refractivity contribution in [3.8, 4) is 16.9 Å². The maximum atomic E-state index is 13.9. The highest BCUT2D eigenvalue weighted by Crippen LogP contribution is 2.53. The van der Waals surface area contributed by atoms with Crippen molar-refractivity contribution in [1.82, 2.24) is 29.7 Å². The molecule has 0 unspecified atom stereocenters. The number of amides is 3. The Labute approximate surface area is 282 Å². The Morgan fingerprint density at radius 2 is 1.84 bits per heavy atom. The number of nitrogens with zero attached hydrogens (tertiary/aromatic N) is 5. The van der Waals surface area contributed by atoms with E-state index in [1.807, 2.05) is 47.4 Å². The molecule has 248 valence electrons. The Balaban J connectivity index is 1.09. The minimum Gasteiger partial charge on any atom is -0.494 e. The molecule has 1 spiro atoms. The molecule has 3 aromatic heterocycles. The maximum Gasteiger partial charge on any atom is 0.271 e. The fraction of sp³-hybridized carbons (Fsp3) is 0.297. The number of H-pyrrole nitrogens is 1. The predicted molar refractivity (Wildman–Crippen MR) is 185 cm³/mol. The average molecular weight is 657 g/mol. The van der Waals surface area contributed by atoms with Crippen LogP contribution < -0.4 is 15.4 Å². The maximum absolute atomic E-state index is 13.9. The van der Waals surface area contributed by atoms with Gasteiger partial charge in [0.15, 0.2) is 5.65 Å². The number of nitrogens with one attached hydrogen (secondary N) is 3. The van der Waals surface area contributed by atoms with E-state index in [0.29, 0.717) is 58.5 Å². The van der Waals surface area contributed by atoms with Gasteiger partial charge in [-0.3, -0.25) is 14.4 Å². The molecule has 3 aliphatic rings. The molecule has 49 heavy (non-hydrogen) atoms. The number of para-hydroxylation sites is 1. The quantitative estimate of drug-likeness (QED) is 0.188. The number of imidazole rings is 1. The third kappa shape index (κ3) is 5.62. The number of benzene rings is 2. The van der Waals surface area contributed by atoms with Crippen molar-refractivity contribution in [2.45, 2.75) is 37.6 Å². The summed E-state index contributed by atoms with van der Waals surface area (Å²) in [5.41, 5.74) is 7.12. The number of pyridine rings is 2. The molecule has 12 heteroatoms. The zero-order valence-corrected chi connectivity index (χ0v) is 27.5. The lowest BCUT2D eigenvalue weighted by molar-refractivity contribution is -0.117. The normalized spacial score (nSPS) is 16.0. The number of carbonyl (C=O) groups is 3. The van der Waals surface area contributed by atoms with Crippen LogP contribution in [0.1, 0.15) is 57.8 Å². The van der Waals surface area contributed by atoms with Gasteiger partial charge < -0.3 is 30.2 Å². The molecule has 0 bridgehead atoms. The van der Waals surface area contributed by atoms with Crippen molar-refractivity contribution < 1.29 is 19.1 Å². The highest BCUT2D eigenvalue weighted by atomic mass is 16.5. The fourth-order valence-electron chi connectivity index (χ4n) is 6.74. The van der Waals surface area contributed by atoms with Crippen molar-refractivity contribution >= 4 is 46.1 Å². The van der Waals surface area contributed by atoms with Crippen LogP contribution >= 0.6 is 0 Å². The van der Waals surface area contributed by atoms with Crippen LogP contribution in [0.4, 0.5) is 17.2 Å². The summed E-state index contributed by atoms with van der Waals surface area (Å²) in [4.78, 5) is 58.8. The van der Waals surface area contributed by atoms with Crippen LogP contribution in [-0.4, -0.2) is 75.2 Å². The average Bonchev–Trinajstić information content (AvgIpc) is 4.04. The van der Waals surface area contributed by atoms with E-state index in [1.54, 1.807) is 39.7 Å². The van der Waals surface area contributed by atoms with Crippen molar-refractivity contribution in [2.75, 3.05) is 38.4 Å². The van der Waals surface area contributed by atoms with Gasteiger partial charge in [-0.05, 0) is 67.1 Å². The summed E-state index contributed by atoms with van der Waals surface area (Å²) < 4.78 is 6.01. The largest absolute Gasteiger partial charge is 0.494 e. The molecule has 3 N–H and O–H groups in total. The molecule has 2 saturated carbocycles. The molecule has 8 rings (SSSR count). The number of fused-ring (bicyclic) bond motifs is 3. The molecule has 1 aliphatic heterocycles. The summed E-state index contributed by atoms with van der Waals surface area (Å²) in [5.74, 6) is 0.876. The Kier molecular flexibility index (Phi) is 7.31. The molecule has 12 nitrogen and oxygen atoms in total. The molecule has 2 aromatic carbocycles. The predicted octanol–water partition coefficient (Wildman–Crippen LogP) is 5.51. The second kappa shape index (κ2) is 11.7. The number of methoxy groups -OCH3 is 1. The first-order chi connectivity index (χ1) is 23.7. The SMILES string of the molecule is COc1c(Nc2cc(NC(=O)C3CC3)nc3nc[nH]c23)cccc1-c1ccc2c(c1)C1(CC1)CN(Cc1cccc(C(=O)N(C)C)n1)C2=O. The van der Waals surface area contributed by atoms with Gasteiger partial charge in [0.1, 0.15) is 22.8 Å². The topological polar surface area (TPSA) is 145 Å². The van der Waals surface area contributed by atoms with E-state index in [-0.39, 0.29) is 29.1 Å². The Morgan fingerprint density at radius 1 is 1.02 bits per heavy atom. The lowest BCUT2D eigenvalue weighted by atomic mass is 9.84. The molecule has 0 saturated heterocycles.